The lowest BCUT2D eigenvalue weighted by Gasteiger charge is -2.31. The van der Waals surface area contributed by atoms with Gasteiger partial charge in [0.25, 0.3) is 0 Å². The van der Waals surface area contributed by atoms with Gasteiger partial charge in [-0.1, -0.05) is 12.1 Å². The average Bonchev–Trinajstić information content (AvgIpc) is 2.71. The Bertz CT molecular complexity index is 644. The van der Waals surface area contributed by atoms with E-state index in [0.29, 0.717) is 18.1 Å². The van der Waals surface area contributed by atoms with E-state index in [-0.39, 0.29) is 18.8 Å². The number of fused-ring (bicyclic) bond motifs is 1. The maximum absolute atomic E-state index is 8.04. The highest BCUT2D eigenvalue weighted by Crippen LogP contribution is 2.30. The Kier molecular flexibility index (Phi) is 3.61. The minimum Gasteiger partial charge on any atom is -0.402 e. The van der Waals surface area contributed by atoms with Crippen LogP contribution in [0.15, 0.2) is 18.2 Å². The monoisotopic (exact) mass is 299 g/mol. The molecular formula is C16H22BN3O2. The Morgan fingerprint density at radius 3 is 2.68 bits per heavy atom. The molecule has 2 aliphatic rings. The second-order valence-electron chi connectivity index (χ2n) is 6.59. The number of nitrogens with zero attached hydrogens (tertiary/aromatic N) is 1. The first-order chi connectivity index (χ1) is 10.3. The fourth-order valence-electron chi connectivity index (χ4n) is 2.96. The van der Waals surface area contributed by atoms with Crippen LogP contribution in [-0.2, 0) is 15.7 Å². The zero-order valence-corrected chi connectivity index (χ0v) is 13.6. The van der Waals surface area contributed by atoms with Gasteiger partial charge in [-0.25, -0.2) is 0 Å². The molecule has 1 atom stereocenters. The molecule has 0 spiro atoms. The molecule has 0 aromatic heterocycles. The van der Waals surface area contributed by atoms with E-state index < -0.39 is 0 Å². The molecule has 6 heteroatoms. The van der Waals surface area contributed by atoms with Crippen molar-refractivity contribution < 1.29 is 9.31 Å². The number of rotatable bonds is 1. The maximum atomic E-state index is 8.04. The molecule has 116 valence electrons. The third kappa shape index (κ3) is 2.46. The molecule has 1 unspecified atom stereocenters. The van der Waals surface area contributed by atoms with Crippen LogP contribution in [0.1, 0.15) is 39.7 Å². The van der Waals surface area contributed by atoms with Crippen LogP contribution in [0, 0.1) is 10.8 Å². The summed E-state index contributed by atoms with van der Waals surface area (Å²) in [5, 5.41) is 15.9. The van der Waals surface area contributed by atoms with E-state index in [1.165, 1.54) is 0 Å². The van der Waals surface area contributed by atoms with Gasteiger partial charge < -0.3 is 9.31 Å². The van der Waals surface area contributed by atoms with E-state index in [1.807, 2.05) is 32.9 Å². The van der Waals surface area contributed by atoms with E-state index in [1.54, 1.807) is 11.8 Å². The third-order valence-corrected chi connectivity index (χ3v) is 4.57. The molecule has 2 aliphatic heterocycles. The van der Waals surface area contributed by atoms with Crippen molar-refractivity contribution in [3.8, 4) is 0 Å². The lowest BCUT2D eigenvalue weighted by molar-refractivity contribution is 0.0842. The van der Waals surface area contributed by atoms with E-state index in [0.717, 1.165) is 23.1 Å². The molecule has 0 amide bonds. The molecule has 0 radical (unpaired) electrons. The number of hydrogen-bond acceptors (Lipinski definition) is 4. The lowest BCUT2D eigenvalue weighted by atomic mass is 9.77. The van der Waals surface area contributed by atoms with Crippen molar-refractivity contribution in [1.82, 2.24) is 0 Å². The van der Waals surface area contributed by atoms with Crippen LogP contribution in [0.4, 0.5) is 5.69 Å². The quantitative estimate of drug-likeness (QED) is 0.475. The fraction of sp³-hybridized carbons (Fsp3) is 0.500. The summed E-state index contributed by atoms with van der Waals surface area (Å²) in [5.74, 6) is 0.859. The molecule has 1 aromatic carbocycles. The molecule has 2 heterocycles. The van der Waals surface area contributed by atoms with Crippen molar-refractivity contribution in [2.75, 3.05) is 4.90 Å². The Morgan fingerprint density at radius 2 is 2.09 bits per heavy atom. The minimum absolute atomic E-state index is 0.0435. The van der Waals surface area contributed by atoms with Crippen LogP contribution in [-0.4, -0.2) is 30.5 Å². The second-order valence-corrected chi connectivity index (χ2v) is 6.59. The smallest absolute Gasteiger partial charge is 0.402 e. The summed E-state index contributed by atoms with van der Waals surface area (Å²) in [5.41, 5.74) is 2.79. The molecule has 22 heavy (non-hydrogen) atoms. The highest BCUT2D eigenvalue weighted by atomic mass is 16.7. The van der Waals surface area contributed by atoms with Gasteiger partial charge in [-0.05, 0) is 51.2 Å². The van der Waals surface area contributed by atoms with Gasteiger partial charge in [0.2, 0.25) is 0 Å². The first-order valence-electron chi connectivity index (χ1n) is 7.68. The molecule has 3 rings (SSSR count). The number of aryl methyl sites for hydroxylation is 1. The van der Waals surface area contributed by atoms with Crippen LogP contribution < -0.4 is 10.4 Å². The maximum Gasteiger partial charge on any atom is 0.494 e. The van der Waals surface area contributed by atoms with Gasteiger partial charge in [-0.2, -0.15) is 0 Å². The molecule has 1 fully saturated rings. The van der Waals surface area contributed by atoms with Gasteiger partial charge in [0.1, 0.15) is 11.7 Å². The standard InChI is InChI=1S/C16H22BN3O2/c1-10-16(3,4)22-17(21-10)13-6-7-14-12(9-13)5-8-15(19)20(14)11(2)18/h6-7,9-10,18-19H,5,8H2,1-4H3. The van der Waals surface area contributed by atoms with Gasteiger partial charge >= 0.3 is 7.12 Å². The molecule has 5 nitrogen and oxygen atoms in total. The summed E-state index contributed by atoms with van der Waals surface area (Å²) >= 11 is 0. The molecule has 0 bridgehead atoms. The summed E-state index contributed by atoms with van der Waals surface area (Å²) < 4.78 is 11.9. The van der Waals surface area contributed by atoms with Crippen molar-refractivity contribution in [2.24, 2.45) is 0 Å². The predicted octanol–water partition coefficient (Wildman–Crippen LogP) is 2.32. The van der Waals surface area contributed by atoms with Gasteiger partial charge in [0, 0.05) is 6.42 Å². The summed E-state index contributed by atoms with van der Waals surface area (Å²) in [7, 11) is -0.341. The van der Waals surface area contributed by atoms with Crippen molar-refractivity contribution in [2.45, 2.75) is 52.2 Å². The third-order valence-electron chi connectivity index (χ3n) is 4.57. The summed E-state index contributed by atoms with van der Waals surface area (Å²) in [4.78, 5) is 1.70. The Morgan fingerprint density at radius 1 is 1.36 bits per heavy atom. The summed E-state index contributed by atoms with van der Waals surface area (Å²) in [6.45, 7) is 7.82. The van der Waals surface area contributed by atoms with Crippen LogP contribution in [0.3, 0.4) is 0 Å². The van der Waals surface area contributed by atoms with E-state index in [9.17, 15) is 0 Å². The van der Waals surface area contributed by atoms with E-state index >= 15 is 0 Å². The number of benzene rings is 1. The van der Waals surface area contributed by atoms with Crippen LogP contribution >= 0.6 is 0 Å². The summed E-state index contributed by atoms with van der Waals surface area (Å²) in [6, 6.07) is 6.04. The average molecular weight is 299 g/mol. The minimum atomic E-state index is -0.341. The van der Waals surface area contributed by atoms with Crippen LogP contribution in [0.5, 0.6) is 0 Å². The first kappa shape index (κ1) is 15.2. The zero-order chi connectivity index (χ0) is 16.1. The van der Waals surface area contributed by atoms with Gasteiger partial charge in [-0.3, -0.25) is 15.7 Å². The number of anilines is 1. The van der Waals surface area contributed by atoms with Crippen molar-refractivity contribution in [3.05, 3.63) is 23.8 Å². The van der Waals surface area contributed by atoms with E-state index in [2.05, 4.69) is 6.07 Å². The Hall–Kier alpha value is -1.66. The van der Waals surface area contributed by atoms with Gasteiger partial charge in [0.05, 0.1) is 17.4 Å². The Balaban J connectivity index is 1.92. The number of hydrogen-bond donors (Lipinski definition) is 2. The van der Waals surface area contributed by atoms with Crippen molar-refractivity contribution in [1.29, 1.82) is 10.8 Å². The SMILES string of the molecule is CC(=N)N1C(=N)CCc2cc(B3OC(C)C(C)(C)O3)ccc21. The highest BCUT2D eigenvalue weighted by molar-refractivity contribution is 6.62. The molecule has 0 aliphatic carbocycles. The molecule has 1 aromatic rings. The Labute approximate surface area is 131 Å². The van der Waals surface area contributed by atoms with Gasteiger partial charge in [-0.15, -0.1) is 0 Å². The molecule has 0 saturated carbocycles. The largest absolute Gasteiger partial charge is 0.494 e. The number of amidine groups is 2. The highest BCUT2D eigenvalue weighted by Gasteiger charge is 2.44. The van der Waals surface area contributed by atoms with E-state index in [4.69, 9.17) is 20.1 Å². The van der Waals surface area contributed by atoms with Crippen LogP contribution in [0.25, 0.3) is 0 Å². The van der Waals surface area contributed by atoms with Crippen molar-refractivity contribution in [3.63, 3.8) is 0 Å². The predicted molar refractivity (Wildman–Crippen MR) is 89.5 cm³/mol. The number of nitrogens with one attached hydrogen (secondary N) is 2. The van der Waals surface area contributed by atoms with Crippen molar-refractivity contribution >= 4 is 29.9 Å². The topological polar surface area (TPSA) is 69.4 Å². The molecular weight excluding hydrogens is 277 g/mol. The summed E-state index contributed by atoms with van der Waals surface area (Å²) in [6.07, 6.45) is 1.51. The molecule has 1 saturated heterocycles. The lowest BCUT2D eigenvalue weighted by Crippen LogP contribution is -2.40. The van der Waals surface area contributed by atoms with Gasteiger partial charge in [0.15, 0.2) is 0 Å². The fourth-order valence-corrected chi connectivity index (χ4v) is 2.96. The van der Waals surface area contributed by atoms with Crippen LogP contribution in [0.2, 0.25) is 0 Å². The second kappa shape index (κ2) is 5.21. The molecule has 2 N–H and O–H groups in total. The first-order valence-corrected chi connectivity index (χ1v) is 7.68. The normalized spacial score (nSPS) is 23.6. The zero-order valence-electron chi connectivity index (χ0n) is 13.6.